The van der Waals surface area contributed by atoms with Gasteiger partial charge in [-0.1, -0.05) is 32.0 Å². The maximum Gasteiger partial charge on any atom is 0.135 e. The fourth-order valence-corrected chi connectivity index (χ4v) is 1.83. The van der Waals surface area contributed by atoms with Gasteiger partial charge in [-0.05, 0) is 18.6 Å². The Kier molecular flexibility index (Phi) is 5.37. The molecule has 0 bridgehead atoms. The van der Waals surface area contributed by atoms with E-state index in [1.54, 1.807) is 6.07 Å². The highest BCUT2D eigenvalue weighted by Crippen LogP contribution is 2.15. The van der Waals surface area contributed by atoms with Gasteiger partial charge in [0.2, 0.25) is 0 Å². The molecule has 1 aromatic heterocycles. The summed E-state index contributed by atoms with van der Waals surface area (Å²) in [4.78, 5) is 8.67. The van der Waals surface area contributed by atoms with E-state index in [1.165, 1.54) is 0 Å². The zero-order chi connectivity index (χ0) is 15.1. The second-order valence-corrected chi connectivity index (χ2v) is 5.13. The molecule has 0 amide bonds. The maximum absolute atomic E-state index is 5.79. The minimum atomic E-state index is 0.260. The Morgan fingerprint density at radius 1 is 1.19 bits per heavy atom. The van der Waals surface area contributed by atoms with Crippen molar-refractivity contribution in [2.75, 3.05) is 24.2 Å². The van der Waals surface area contributed by atoms with E-state index in [4.69, 9.17) is 10.5 Å². The summed E-state index contributed by atoms with van der Waals surface area (Å²) >= 11 is 0. The molecule has 0 atom stereocenters. The average molecular weight is 286 g/mol. The third-order valence-corrected chi connectivity index (χ3v) is 2.92. The molecule has 5 nitrogen and oxygen atoms in total. The number of para-hydroxylation sites is 1. The first kappa shape index (κ1) is 15.1. The van der Waals surface area contributed by atoms with E-state index in [0.717, 1.165) is 30.4 Å². The molecule has 1 heterocycles. The monoisotopic (exact) mass is 286 g/mol. The third-order valence-electron chi connectivity index (χ3n) is 2.92. The summed E-state index contributed by atoms with van der Waals surface area (Å²) < 4.78 is 5.63. The van der Waals surface area contributed by atoms with E-state index in [1.807, 2.05) is 44.2 Å². The van der Waals surface area contributed by atoms with Crippen molar-refractivity contribution in [2.45, 2.75) is 26.2 Å². The first-order valence-corrected chi connectivity index (χ1v) is 7.21. The van der Waals surface area contributed by atoms with Gasteiger partial charge in [0, 0.05) is 18.5 Å². The molecule has 0 fully saturated rings. The molecule has 0 saturated carbocycles. The Morgan fingerprint density at radius 3 is 2.67 bits per heavy atom. The van der Waals surface area contributed by atoms with Gasteiger partial charge in [0.05, 0.1) is 6.61 Å². The van der Waals surface area contributed by atoms with Crippen LogP contribution in [0.1, 0.15) is 32.0 Å². The molecule has 5 heteroatoms. The summed E-state index contributed by atoms with van der Waals surface area (Å²) in [5.74, 6) is 3.18. The van der Waals surface area contributed by atoms with Crippen molar-refractivity contribution in [3.05, 3.63) is 42.2 Å². The molecule has 2 rings (SSSR count). The van der Waals surface area contributed by atoms with Gasteiger partial charge >= 0.3 is 0 Å². The van der Waals surface area contributed by atoms with Gasteiger partial charge in [-0.15, -0.1) is 0 Å². The van der Waals surface area contributed by atoms with Crippen LogP contribution >= 0.6 is 0 Å². The van der Waals surface area contributed by atoms with Crippen LogP contribution in [0.4, 0.5) is 11.6 Å². The molecule has 0 unspecified atom stereocenters. The highest BCUT2D eigenvalue weighted by molar-refractivity contribution is 5.44. The molecular formula is C16H22N4O. The van der Waals surface area contributed by atoms with Gasteiger partial charge in [-0.2, -0.15) is 0 Å². The maximum atomic E-state index is 5.79. The molecule has 112 valence electrons. The molecular weight excluding hydrogens is 264 g/mol. The molecule has 0 aliphatic carbocycles. The van der Waals surface area contributed by atoms with Gasteiger partial charge in [0.15, 0.2) is 0 Å². The van der Waals surface area contributed by atoms with Crippen molar-refractivity contribution in [2.24, 2.45) is 0 Å². The molecule has 3 N–H and O–H groups in total. The van der Waals surface area contributed by atoms with Crippen molar-refractivity contribution in [1.29, 1.82) is 0 Å². The molecule has 0 radical (unpaired) electrons. The van der Waals surface area contributed by atoms with E-state index in [0.29, 0.717) is 12.4 Å². The molecule has 2 aromatic rings. The van der Waals surface area contributed by atoms with Crippen LogP contribution in [0, 0.1) is 0 Å². The number of nitrogens with two attached hydrogens (primary N) is 1. The Labute approximate surface area is 125 Å². The summed E-state index contributed by atoms with van der Waals surface area (Å²) in [6.07, 6.45) is 0.885. The van der Waals surface area contributed by atoms with Gasteiger partial charge in [0.25, 0.3) is 0 Å². The number of anilines is 2. The van der Waals surface area contributed by atoms with E-state index in [2.05, 4.69) is 15.3 Å². The van der Waals surface area contributed by atoms with Crippen LogP contribution < -0.4 is 15.8 Å². The van der Waals surface area contributed by atoms with Gasteiger partial charge in [-0.25, -0.2) is 9.97 Å². The van der Waals surface area contributed by atoms with Crippen LogP contribution in [-0.2, 0) is 0 Å². The highest BCUT2D eigenvalue weighted by Gasteiger charge is 2.06. The van der Waals surface area contributed by atoms with Crippen molar-refractivity contribution < 1.29 is 4.74 Å². The summed E-state index contributed by atoms with van der Waals surface area (Å²) in [5, 5.41) is 3.26. The summed E-state index contributed by atoms with van der Waals surface area (Å²) in [6, 6.07) is 11.6. The number of nitrogens with one attached hydrogen (secondary N) is 1. The fraction of sp³-hybridized carbons (Fsp3) is 0.375. The van der Waals surface area contributed by atoms with Crippen LogP contribution in [-0.4, -0.2) is 23.1 Å². The van der Waals surface area contributed by atoms with E-state index >= 15 is 0 Å². The summed E-state index contributed by atoms with van der Waals surface area (Å²) in [5.41, 5.74) is 5.79. The lowest BCUT2D eigenvalue weighted by atomic mass is 10.2. The smallest absolute Gasteiger partial charge is 0.135 e. The van der Waals surface area contributed by atoms with Crippen molar-refractivity contribution in [1.82, 2.24) is 9.97 Å². The van der Waals surface area contributed by atoms with Crippen LogP contribution in [0.5, 0.6) is 5.75 Å². The molecule has 0 spiro atoms. The van der Waals surface area contributed by atoms with Gasteiger partial charge in [-0.3, -0.25) is 0 Å². The number of hydrogen-bond donors (Lipinski definition) is 2. The number of aromatic nitrogens is 2. The predicted octanol–water partition coefficient (Wildman–Crippen LogP) is 3.06. The largest absolute Gasteiger partial charge is 0.494 e. The van der Waals surface area contributed by atoms with E-state index < -0.39 is 0 Å². The Morgan fingerprint density at radius 2 is 1.95 bits per heavy atom. The lowest BCUT2D eigenvalue weighted by molar-refractivity contribution is 0.315. The van der Waals surface area contributed by atoms with Crippen molar-refractivity contribution in [3.8, 4) is 5.75 Å². The second kappa shape index (κ2) is 7.47. The fourth-order valence-electron chi connectivity index (χ4n) is 1.83. The molecule has 1 aromatic carbocycles. The summed E-state index contributed by atoms with van der Waals surface area (Å²) in [6.45, 7) is 5.54. The SMILES string of the molecule is CC(C)c1nc(N)cc(NCCCOc2ccccc2)n1. The van der Waals surface area contributed by atoms with E-state index in [9.17, 15) is 0 Å². The Balaban J connectivity index is 1.76. The molecule has 0 saturated heterocycles. The lowest BCUT2D eigenvalue weighted by Gasteiger charge is -2.10. The minimum Gasteiger partial charge on any atom is -0.494 e. The normalized spacial score (nSPS) is 10.6. The van der Waals surface area contributed by atoms with Crippen LogP contribution in [0.15, 0.2) is 36.4 Å². The van der Waals surface area contributed by atoms with Gasteiger partial charge in [0.1, 0.15) is 23.2 Å². The zero-order valence-corrected chi connectivity index (χ0v) is 12.5. The topological polar surface area (TPSA) is 73.1 Å². The number of hydrogen-bond acceptors (Lipinski definition) is 5. The molecule has 0 aliphatic heterocycles. The standard InChI is InChI=1S/C16H22N4O/c1-12(2)16-19-14(17)11-15(20-16)18-9-6-10-21-13-7-4-3-5-8-13/h3-5,7-8,11-12H,6,9-10H2,1-2H3,(H3,17,18,19,20). The third kappa shape index (κ3) is 4.95. The zero-order valence-electron chi connectivity index (χ0n) is 12.5. The number of nitrogens with zero attached hydrogens (tertiary/aromatic N) is 2. The van der Waals surface area contributed by atoms with Gasteiger partial charge < -0.3 is 15.8 Å². The van der Waals surface area contributed by atoms with E-state index in [-0.39, 0.29) is 5.92 Å². The Bertz CT molecular complexity index is 557. The van der Waals surface area contributed by atoms with Crippen molar-refractivity contribution >= 4 is 11.6 Å². The predicted molar refractivity (Wildman–Crippen MR) is 85.6 cm³/mol. The summed E-state index contributed by atoms with van der Waals surface area (Å²) in [7, 11) is 0. The first-order chi connectivity index (χ1) is 10.1. The second-order valence-electron chi connectivity index (χ2n) is 5.13. The number of ether oxygens (including phenoxy) is 1. The molecule has 21 heavy (non-hydrogen) atoms. The van der Waals surface area contributed by atoms with Crippen LogP contribution in [0.25, 0.3) is 0 Å². The Hall–Kier alpha value is -2.30. The highest BCUT2D eigenvalue weighted by atomic mass is 16.5. The number of nitrogen functional groups attached to an aromatic ring is 1. The minimum absolute atomic E-state index is 0.260. The lowest BCUT2D eigenvalue weighted by Crippen LogP contribution is -2.11. The quantitative estimate of drug-likeness (QED) is 0.765. The average Bonchev–Trinajstić information content (AvgIpc) is 2.47. The van der Waals surface area contributed by atoms with Crippen LogP contribution in [0.3, 0.4) is 0 Å². The first-order valence-electron chi connectivity index (χ1n) is 7.21. The number of rotatable bonds is 7. The van der Waals surface area contributed by atoms with Crippen LogP contribution in [0.2, 0.25) is 0 Å². The van der Waals surface area contributed by atoms with Crippen molar-refractivity contribution in [3.63, 3.8) is 0 Å². The number of benzene rings is 1. The molecule has 0 aliphatic rings.